The molecule has 0 bridgehead atoms. The van der Waals surface area contributed by atoms with E-state index in [0.717, 1.165) is 5.56 Å². The maximum absolute atomic E-state index is 13.3. The fourth-order valence-corrected chi connectivity index (χ4v) is 1.84. The predicted molar refractivity (Wildman–Crippen MR) is 74.0 cm³/mol. The van der Waals surface area contributed by atoms with Gasteiger partial charge >= 0.3 is 6.09 Å². The fourth-order valence-electron chi connectivity index (χ4n) is 1.84. The minimum atomic E-state index is -0.586. The summed E-state index contributed by atoms with van der Waals surface area (Å²) in [6, 6.07) is 4.77. The molecule has 0 radical (unpaired) electrons. The van der Waals surface area contributed by atoms with E-state index in [-0.39, 0.29) is 0 Å². The van der Waals surface area contributed by atoms with Gasteiger partial charge in [0.1, 0.15) is 5.60 Å². The van der Waals surface area contributed by atoms with E-state index < -0.39 is 17.6 Å². The maximum Gasteiger partial charge on any atom is 0.418 e. The van der Waals surface area contributed by atoms with Gasteiger partial charge in [-0.15, -0.1) is 0 Å². The van der Waals surface area contributed by atoms with Gasteiger partial charge in [-0.25, -0.2) is 9.78 Å². The number of carbonyl (C=O) groups excluding carboxylic acids is 1. The molecule has 0 aliphatic carbocycles. The lowest BCUT2D eigenvalue weighted by atomic mass is 10.1. The number of hydrogen-bond donors (Lipinski definition) is 0. The molecule has 0 aromatic carbocycles. The molecule has 0 saturated carbocycles. The molecule has 20 heavy (non-hydrogen) atoms. The van der Waals surface area contributed by atoms with Crippen molar-refractivity contribution in [3.05, 3.63) is 42.1 Å². The lowest BCUT2D eigenvalue weighted by Gasteiger charge is -2.20. The van der Waals surface area contributed by atoms with Crippen LogP contribution in [0.15, 0.2) is 30.6 Å². The van der Waals surface area contributed by atoms with E-state index >= 15 is 0 Å². The largest absolute Gasteiger partial charge is 0.443 e. The maximum atomic E-state index is 13.3. The molecule has 4 nitrogen and oxygen atoms in total. The van der Waals surface area contributed by atoms with Gasteiger partial charge in [-0.2, -0.15) is 4.39 Å². The highest BCUT2D eigenvalue weighted by atomic mass is 19.1. The Balaban J connectivity index is 2.43. The standard InChI is InChI=1S/C15H17FN2O2/c1-10-9-17-13(16)8-11(10)12-6-5-7-18(12)14(19)20-15(2,3)4/h5-9H,1-4H3. The molecule has 2 heterocycles. The second kappa shape index (κ2) is 5.07. The van der Waals surface area contributed by atoms with Gasteiger partial charge in [-0.05, 0) is 45.4 Å². The molecule has 0 amide bonds. The van der Waals surface area contributed by atoms with Gasteiger partial charge in [-0.1, -0.05) is 0 Å². The van der Waals surface area contributed by atoms with Crippen LogP contribution < -0.4 is 0 Å². The molecule has 0 fully saturated rings. The van der Waals surface area contributed by atoms with Crippen molar-refractivity contribution >= 4 is 6.09 Å². The number of rotatable bonds is 1. The highest BCUT2D eigenvalue weighted by Crippen LogP contribution is 2.25. The van der Waals surface area contributed by atoms with Crippen LogP contribution in [0.2, 0.25) is 0 Å². The Hall–Kier alpha value is -2.17. The van der Waals surface area contributed by atoms with Crippen molar-refractivity contribution in [3.63, 3.8) is 0 Å². The molecule has 2 aromatic rings. The molecule has 2 rings (SSSR count). The van der Waals surface area contributed by atoms with Gasteiger partial charge < -0.3 is 4.74 Å². The summed E-state index contributed by atoms with van der Waals surface area (Å²) in [7, 11) is 0. The van der Waals surface area contributed by atoms with Gasteiger partial charge in [0.05, 0.1) is 5.69 Å². The Labute approximate surface area is 117 Å². The summed E-state index contributed by atoms with van der Waals surface area (Å²) in [6.45, 7) is 7.20. The summed E-state index contributed by atoms with van der Waals surface area (Å²) in [5, 5.41) is 0. The number of aromatic nitrogens is 2. The Bertz CT molecular complexity index is 642. The van der Waals surface area contributed by atoms with Crippen molar-refractivity contribution in [1.29, 1.82) is 0 Å². The Morgan fingerprint density at radius 2 is 2.10 bits per heavy atom. The second-order valence-electron chi connectivity index (χ2n) is 5.57. The molecule has 0 N–H and O–H groups in total. The van der Waals surface area contributed by atoms with Crippen LogP contribution in [0.3, 0.4) is 0 Å². The number of aryl methyl sites for hydroxylation is 1. The van der Waals surface area contributed by atoms with Crippen LogP contribution in [0.1, 0.15) is 26.3 Å². The van der Waals surface area contributed by atoms with Crippen LogP contribution in [0.4, 0.5) is 9.18 Å². The van der Waals surface area contributed by atoms with Gasteiger partial charge in [-0.3, -0.25) is 4.57 Å². The first-order chi connectivity index (χ1) is 9.28. The third kappa shape index (κ3) is 3.04. The molecular weight excluding hydrogens is 259 g/mol. The molecule has 0 aliphatic rings. The average molecular weight is 276 g/mol. The van der Waals surface area contributed by atoms with Crippen LogP contribution in [0.5, 0.6) is 0 Å². The minimum Gasteiger partial charge on any atom is -0.443 e. The number of halogens is 1. The summed E-state index contributed by atoms with van der Waals surface area (Å²) in [6.07, 6.45) is 2.55. The first-order valence-electron chi connectivity index (χ1n) is 6.31. The van der Waals surface area contributed by atoms with E-state index in [9.17, 15) is 9.18 Å². The first kappa shape index (κ1) is 14.2. The Morgan fingerprint density at radius 1 is 1.40 bits per heavy atom. The summed E-state index contributed by atoms with van der Waals surface area (Å²) in [4.78, 5) is 15.7. The minimum absolute atomic E-state index is 0.492. The Kier molecular flexibility index (Phi) is 3.61. The van der Waals surface area contributed by atoms with Crippen molar-refractivity contribution in [1.82, 2.24) is 9.55 Å². The molecule has 0 unspecified atom stereocenters. The molecule has 0 spiro atoms. The van der Waals surface area contributed by atoms with Crippen molar-refractivity contribution in [2.75, 3.05) is 0 Å². The number of ether oxygens (including phenoxy) is 1. The zero-order valence-electron chi connectivity index (χ0n) is 12.0. The van der Waals surface area contributed by atoms with E-state index in [1.807, 2.05) is 6.92 Å². The predicted octanol–water partition coefficient (Wildman–Crippen LogP) is 3.78. The van der Waals surface area contributed by atoms with Crippen molar-refractivity contribution < 1.29 is 13.9 Å². The SMILES string of the molecule is Cc1cnc(F)cc1-c1cccn1C(=O)OC(C)(C)C. The number of pyridine rings is 1. The molecule has 106 valence electrons. The number of hydrogen-bond acceptors (Lipinski definition) is 3. The first-order valence-corrected chi connectivity index (χ1v) is 6.31. The average Bonchev–Trinajstić information content (AvgIpc) is 2.79. The summed E-state index contributed by atoms with van der Waals surface area (Å²) in [5.41, 5.74) is 1.40. The van der Waals surface area contributed by atoms with E-state index in [1.165, 1.54) is 16.8 Å². The molecule has 2 aromatic heterocycles. The summed E-state index contributed by atoms with van der Waals surface area (Å²) >= 11 is 0. The fraction of sp³-hybridized carbons (Fsp3) is 0.333. The zero-order valence-corrected chi connectivity index (χ0v) is 12.0. The summed E-state index contributed by atoms with van der Waals surface area (Å²) in [5.74, 6) is -0.581. The molecular formula is C15H17FN2O2. The summed E-state index contributed by atoms with van der Waals surface area (Å²) < 4.78 is 20.0. The van der Waals surface area contributed by atoms with Crippen molar-refractivity contribution in [3.8, 4) is 11.3 Å². The Morgan fingerprint density at radius 3 is 2.75 bits per heavy atom. The monoisotopic (exact) mass is 276 g/mol. The van der Waals surface area contributed by atoms with Crippen LogP contribution in [0, 0.1) is 12.9 Å². The highest BCUT2D eigenvalue weighted by molar-refractivity contribution is 5.79. The van der Waals surface area contributed by atoms with Crippen LogP contribution in [-0.2, 0) is 4.74 Å². The van der Waals surface area contributed by atoms with Gasteiger partial charge in [0.2, 0.25) is 5.95 Å². The van der Waals surface area contributed by atoms with Gasteiger partial charge in [0.25, 0.3) is 0 Å². The molecule has 0 aliphatic heterocycles. The molecule has 0 saturated heterocycles. The van der Waals surface area contributed by atoms with Crippen LogP contribution >= 0.6 is 0 Å². The highest BCUT2D eigenvalue weighted by Gasteiger charge is 2.20. The third-order valence-corrected chi connectivity index (χ3v) is 2.68. The van der Waals surface area contributed by atoms with Crippen LogP contribution in [-0.4, -0.2) is 21.2 Å². The molecule has 0 atom stereocenters. The number of nitrogens with zero attached hydrogens (tertiary/aromatic N) is 2. The van der Waals surface area contributed by atoms with Crippen molar-refractivity contribution in [2.24, 2.45) is 0 Å². The van der Waals surface area contributed by atoms with E-state index in [1.54, 1.807) is 39.1 Å². The molecule has 5 heteroatoms. The van der Waals surface area contributed by atoms with Gasteiger partial charge in [0, 0.05) is 24.0 Å². The third-order valence-electron chi connectivity index (χ3n) is 2.68. The van der Waals surface area contributed by atoms with Gasteiger partial charge in [0.15, 0.2) is 0 Å². The topological polar surface area (TPSA) is 44.1 Å². The normalized spacial score (nSPS) is 11.4. The van der Waals surface area contributed by atoms with E-state index in [0.29, 0.717) is 11.3 Å². The lowest BCUT2D eigenvalue weighted by Crippen LogP contribution is -2.27. The van der Waals surface area contributed by atoms with E-state index in [2.05, 4.69) is 4.98 Å². The second-order valence-corrected chi connectivity index (χ2v) is 5.57. The zero-order chi connectivity index (χ0) is 14.9. The lowest BCUT2D eigenvalue weighted by molar-refractivity contribution is 0.0540. The van der Waals surface area contributed by atoms with Crippen LogP contribution in [0.25, 0.3) is 11.3 Å². The van der Waals surface area contributed by atoms with E-state index in [4.69, 9.17) is 4.74 Å². The smallest absolute Gasteiger partial charge is 0.418 e. The van der Waals surface area contributed by atoms with Crippen molar-refractivity contribution in [2.45, 2.75) is 33.3 Å². The quantitative estimate of drug-likeness (QED) is 0.744. The number of carbonyl (C=O) groups is 1.